The van der Waals surface area contributed by atoms with Gasteiger partial charge in [-0.25, -0.2) is 0 Å². The summed E-state index contributed by atoms with van der Waals surface area (Å²) >= 11 is 0. The Hall–Kier alpha value is -1.74. The molecule has 2 N–H and O–H groups in total. The van der Waals surface area contributed by atoms with Crippen molar-refractivity contribution in [2.45, 2.75) is 0 Å². The summed E-state index contributed by atoms with van der Waals surface area (Å²) in [4.78, 5) is 0. The molecular weight excluding hydrogens is 202 g/mol. The highest BCUT2D eigenvalue weighted by atomic mass is 16.5. The number of hydrogen-bond donors (Lipinski definition) is 2. The van der Waals surface area contributed by atoms with Crippen LogP contribution in [0.15, 0.2) is 36.4 Å². The SMILES string of the molecule is COc1ccc2cc(NCCO)ccc2c1. The third kappa shape index (κ3) is 2.25. The minimum Gasteiger partial charge on any atom is -0.497 e. The van der Waals surface area contributed by atoms with Gasteiger partial charge in [0, 0.05) is 12.2 Å². The number of fused-ring (bicyclic) bond motifs is 1. The maximum atomic E-state index is 8.73. The van der Waals surface area contributed by atoms with Crippen LogP contribution in [0.1, 0.15) is 0 Å². The highest BCUT2D eigenvalue weighted by Crippen LogP contribution is 2.23. The second-order valence-electron chi connectivity index (χ2n) is 3.58. The van der Waals surface area contributed by atoms with Crippen molar-refractivity contribution in [2.75, 3.05) is 25.6 Å². The fraction of sp³-hybridized carbons (Fsp3) is 0.231. The van der Waals surface area contributed by atoms with Crippen molar-refractivity contribution in [3.05, 3.63) is 36.4 Å². The molecule has 0 saturated heterocycles. The minimum absolute atomic E-state index is 0.140. The highest BCUT2D eigenvalue weighted by molar-refractivity contribution is 5.86. The van der Waals surface area contributed by atoms with Crippen LogP contribution < -0.4 is 10.1 Å². The molecule has 0 aliphatic heterocycles. The van der Waals surface area contributed by atoms with E-state index in [1.165, 1.54) is 0 Å². The topological polar surface area (TPSA) is 41.5 Å². The fourth-order valence-corrected chi connectivity index (χ4v) is 1.66. The molecule has 0 heterocycles. The summed E-state index contributed by atoms with van der Waals surface area (Å²) in [6.45, 7) is 0.711. The largest absolute Gasteiger partial charge is 0.497 e. The second kappa shape index (κ2) is 4.86. The van der Waals surface area contributed by atoms with Crippen LogP contribution >= 0.6 is 0 Å². The molecule has 0 fully saturated rings. The number of ether oxygens (including phenoxy) is 1. The van der Waals surface area contributed by atoms with Gasteiger partial charge < -0.3 is 15.2 Å². The van der Waals surface area contributed by atoms with Crippen LogP contribution in [-0.4, -0.2) is 25.4 Å². The summed E-state index contributed by atoms with van der Waals surface area (Å²) in [5.74, 6) is 0.864. The van der Waals surface area contributed by atoms with E-state index in [4.69, 9.17) is 9.84 Å². The predicted molar refractivity (Wildman–Crippen MR) is 66.1 cm³/mol. The highest BCUT2D eigenvalue weighted by Gasteiger charge is 1.98. The monoisotopic (exact) mass is 217 g/mol. The van der Waals surface area contributed by atoms with Gasteiger partial charge in [0.1, 0.15) is 5.75 Å². The summed E-state index contributed by atoms with van der Waals surface area (Å²) in [7, 11) is 1.67. The molecule has 16 heavy (non-hydrogen) atoms. The number of rotatable bonds is 4. The lowest BCUT2D eigenvalue weighted by Crippen LogP contribution is -2.04. The quantitative estimate of drug-likeness (QED) is 0.825. The Labute approximate surface area is 94.7 Å². The number of methoxy groups -OCH3 is 1. The Kier molecular flexibility index (Phi) is 3.27. The van der Waals surface area contributed by atoms with E-state index in [1.807, 2.05) is 30.3 Å². The van der Waals surface area contributed by atoms with Crippen LogP contribution in [0, 0.1) is 0 Å². The predicted octanol–water partition coefficient (Wildman–Crippen LogP) is 2.25. The molecule has 0 unspecified atom stereocenters. The first-order chi connectivity index (χ1) is 7.83. The molecule has 2 aromatic carbocycles. The number of aliphatic hydroxyl groups is 1. The average Bonchev–Trinajstić information content (AvgIpc) is 2.35. The number of anilines is 1. The summed E-state index contributed by atoms with van der Waals surface area (Å²) in [5, 5.41) is 14.2. The van der Waals surface area contributed by atoms with Crippen LogP contribution in [0.25, 0.3) is 10.8 Å². The van der Waals surface area contributed by atoms with Crippen molar-refractivity contribution >= 4 is 16.5 Å². The fourth-order valence-electron chi connectivity index (χ4n) is 1.66. The van der Waals surface area contributed by atoms with E-state index in [0.717, 1.165) is 22.2 Å². The van der Waals surface area contributed by atoms with Crippen LogP contribution in [-0.2, 0) is 0 Å². The van der Waals surface area contributed by atoms with Gasteiger partial charge in [-0.1, -0.05) is 12.1 Å². The van der Waals surface area contributed by atoms with Crippen LogP contribution in [0.2, 0.25) is 0 Å². The maximum Gasteiger partial charge on any atom is 0.119 e. The zero-order valence-corrected chi connectivity index (χ0v) is 9.23. The van der Waals surface area contributed by atoms with Gasteiger partial charge in [0.15, 0.2) is 0 Å². The van der Waals surface area contributed by atoms with Crippen molar-refractivity contribution < 1.29 is 9.84 Å². The lowest BCUT2D eigenvalue weighted by atomic mass is 10.1. The molecule has 84 valence electrons. The Morgan fingerprint density at radius 3 is 2.62 bits per heavy atom. The number of hydrogen-bond acceptors (Lipinski definition) is 3. The Bertz CT molecular complexity index is 482. The van der Waals surface area contributed by atoms with Crippen LogP contribution in [0.3, 0.4) is 0 Å². The van der Waals surface area contributed by atoms with E-state index in [9.17, 15) is 0 Å². The smallest absolute Gasteiger partial charge is 0.119 e. The van der Waals surface area contributed by atoms with E-state index in [2.05, 4.69) is 11.4 Å². The number of benzene rings is 2. The molecule has 0 saturated carbocycles. The molecule has 0 spiro atoms. The van der Waals surface area contributed by atoms with Gasteiger partial charge >= 0.3 is 0 Å². The Morgan fingerprint density at radius 2 is 1.88 bits per heavy atom. The molecule has 0 aliphatic carbocycles. The van der Waals surface area contributed by atoms with Crippen LogP contribution in [0.4, 0.5) is 5.69 Å². The maximum absolute atomic E-state index is 8.73. The van der Waals surface area contributed by atoms with Crippen molar-refractivity contribution in [3.8, 4) is 5.75 Å². The van der Waals surface area contributed by atoms with E-state index < -0.39 is 0 Å². The molecule has 0 atom stereocenters. The normalized spacial score (nSPS) is 10.4. The van der Waals surface area contributed by atoms with Gasteiger partial charge in [-0.05, 0) is 35.0 Å². The second-order valence-corrected chi connectivity index (χ2v) is 3.58. The van der Waals surface area contributed by atoms with E-state index in [0.29, 0.717) is 6.54 Å². The lowest BCUT2D eigenvalue weighted by Gasteiger charge is -2.07. The van der Waals surface area contributed by atoms with Crippen molar-refractivity contribution in [1.29, 1.82) is 0 Å². The van der Waals surface area contributed by atoms with Gasteiger partial charge in [0.05, 0.1) is 13.7 Å². The molecule has 0 bridgehead atoms. The zero-order valence-electron chi connectivity index (χ0n) is 9.23. The van der Waals surface area contributed by atoms with E-state index in [-0.39, 0.29) is 6.61 Å². The third-order valence-corrected chi connectivity index (χ3v) is 2.49. The standard InChI is InChI=1S/C13H15NO2/c1-16-13-5-3-10-8-12(14-6-7-15)4-2-11(10)9-13/h2-5,8-9,14-15H,6-7H2,1H3. The van der Waals surface area contributed by atoms with Gasteiger partial charge in [0.25, 0.3) is 0 Å². The summed E-state index contributed by atoms with van der Waals surface area (Å²) in [6.07, 6.45) is 0. The minimum atomic E-state index is 0.140. The Morgan fingerprint density at radius 1 is 1.12 bits per heavy atom. The van der Waals surface area contributed by atoms with E-state index >= 15 is 0 Å². The molecular formula is C13H15NO2. The molecule has 0 amide bonds. The molecule has 2 aromatic rings. The number of aliphatic hydroxyl groups excluding tert-OH is 1. The zero-order chi connectivity index (χ0) is 11.4. The van der Waals surface area contributed by atoms with Gasteiger partial charge in [-0.2, -0.15) is 0 Å². The first-order valence-electron chi connectivity index (χ1n) is 5.26. The first kappa shape index (κ1) is 10.8. The third-order valence-electron chi connectivity index (χ3n) is 2.49. The summed E-state index contributed by atoms with van der Waals surface area (Å²) in [6, 6.07) is 12.1. The summed E-state index contributed by atoms with van der Waals surface area (Å²) in [5.41, 5.74) is 1.02. The van der Waals surface area contributed by atoms with Gasteiger partial charge in [-0.3, -0.25) is 0 Å². The number of nitrogens with one attached hydrogen (secondary N) is 1. The average molecular weight is 217 g/mol. The molecule has 2 rings (SSSR count). The van der Waals surface area contributed by atoms with Gasteiger partial charge in [0.2, 0.25) is 0 Å². The molecule has 0 radical (unpaired) electrons. The van der Waals surface area contributed by atoms with Crippen molar-refractivity contribution in [2.24, 2.45) is 0 Å². The molecule has 3 heteroatoms. The summed E-state index contributed by atoms with van der Waals surface area (Å²) < 4.78 is 5.17. The lowest BCUT2D eigenvalue weighted by molar-refractivity contribution is 0.311. The van der Waals surface area contributed by atoms with Crippen LogP contribution in [0.5, 0.6) is 5.75 Å². The van der Waals surface area contributed by atoms with Crippen molar-refractivity contribution in [1.82, 2.24) is 0 Å². The molecule has 0 aromatic heterocycles. The van der Waals surface area contributed by atoms with Crippen molar-refractivity contribution in [3.63, 3.8) is 0 Å². The van der Waals surface area contributed by atoms with E-state index in [1.54, 1.807) is 7.11 Å². The Balaban J connectivity index is 2.32. The molecule has 3 nitrogen and oxygen atoms in total. The molecule has 0 aliphatic rings. The first-order valence-corrected chi connectivity index (χ1v) is 5.26. The van der Waals surface area contributed by atoms with Gasteiger partial charge in [-0.15, -0.1) is 0 Å².